The largest absolute Gasteiger partial charge is 0.858 e. The van der Waals surface area contributed by atoms with Crippen LogP contribution in [0.4, 0.5) is 17.6 Å². The zero-order chi connectivity index (χ0) is 14.3. The van der Waals surface area contributed by atoms with Crippen molar-refractivity contribution in [2.24, 2.45) is 15.7 Å². The van der Waals surface area contributed by atoms with Crippen molar-refractivity contribution in [1.82, 2.24) is 0 Å². The lowest BCUT2D eigenvalue weighted by Crippen LogP contribution is -2.20. The van der Waals surface area contributed by atoms with E-state index in [9.17, 15) is 22.7 Å². The van der Waals surface area contributed by atoms with Crippen LogP contribution in [0.25, 0.3) is 0 Å². The molecule has 0 aliphatic carbocycles. The van der Waals surface area contributed by atoms with Crippen LogP contribution >= 0.6 is 0 Å². The number of rotatable bonds is 2. The molecule has 1 aliphatic heterocycles. The summed E-state index contributed by atoms with van der Waals surface area (Å²) in [6, 6.07) is 0. The van der Waals surface area contributed by atoms with E-state index >= 15 is 0 Å². The zero-order valence-electron chi connectivity index (χ0n) is 9.68. The summed E-state index contributed by atoms with van der Waals surface area (Å²) in [5.74, 6) is -8.66. The molecule has 0 saturated carbocycles. The molecule has 0 fully saturated rings. The molecule has 0 saturated heterocycles. The first-order valence-electron chi connectivity index (χ1n) is 5.31. The van der Waals surface area contributed by atoms with E-state index in [1.165, 1.54) is 0 Å². The van der Waals surface area contributed by atoms with Crippen molar-refractivity contribution < 1.29 is 22.7 Å². The highest BCUT2D eigenvalue weighted by atomic mass is 19.2. The molecule has 1 atom stereocenters. The first kappa shape index (κ1) is 13.3. The van der Waals surface area contributed by atoms with Gasteiger partial charge >= 0.3 is 0 Å². The Hall–Kier alpha value is -2.12. The molecule has 8 heteroatoms. The first-order valence-corrected chi connectivity index (χ1v) is 5.31. The third-order valence-electron chi connectivity index (χ3n) is 2.67. The molecular weight excluding hydrogens is 266 g/mol. The standard InChI is InChI=1S/C11H9F4N3O/c1-2-3(16)17-10-4-5(11(19)18-10)7(13)9(15)8(14)6(4)12/h10H,2H2,1H3,(H2,16,17)(H,18,19)/p-1. The second-order valence-corrected chi connectivity index (χ2v) is 3.83. The van der Waals surface area contributed by atoms with Crippen molar-refractivity contribution in [2.75, 3.05) is 0 Å². The molecule has 2 N–H and O–H groups in total. The number of aliphatic imine (C=N–C) groups is 2. The number of nitrogens with two attached hydrogens (primary N) is 1. The van der Waals surface area contributed by atoms with Gasteiger partial charge in [-0.25, -0.2) is 22.6 Å². The summed E-state index contributed by atoms with van der Waals surface area (Å²) in [6.45, 7) is 1.64. The molecule has 0 radical (unpaired) electrons. The van der Waals surface area contributed by atoms with Crippen LogP contribution in [0, 0.1) is 23.3 Å². The Morgan fingerprint density at radius 3 is 2.37 bits per heavy atom. The van der Waals surface area contributed by atoms with Crippen molar-refractivity contribution in [1.29, 1.82) is 0 Å². The van der Waals surface area contributed by atoms with Crippen molar-refractivity contribution in [2.45, 2.75) is 19.5 Å². The van der Waals surface area contributed by atoms with Gasteiger partial charge in [0.05, 0.1) is 5.84 Å². The molecule has 2 rings (SSSR count). The molecule has 0 amide bonds. The van der Waals surface area contributed by atoms with Gasteiger partial charge in [-0.2, -0.15) is 0 Å². The highest BCUT2D eigenvalue weighted by Crippen LogP contribution is 2.35. The lowest BCUT2D eigenvalue weighted by Gasteiger charge is -2.11. The molecule has 0 bridgehead atoms. The third kappa shape index (κ3) is 1.92. The fraction of sp³-hybridized carbons (Fsp3) is 0.273. The lowest BCUT2D eigenvalue weighted by molar-refractivity contribution is -0.213. The summed E-state index contributed by atoms with van der Waals surface area (Å²) in [5, 5.41) is 11.4. The number of amidine groups is 1. The molecule has 1 aliphatic rings. The summed E-state index contributed by atoms with van der Waals surface area (Å²) in [7, 11) is 0. The average molecular weight is 274 g/mol. The Morgan fingerprint density at radius 1 is 1.21 bits per heavy atom. The minimum Gasteiger partial charge on any atom is -0.858 e. The Kier molecular flexibility index (Phi) is 3.17. The van der Waals surface area contributed by atoms with E-state index in [1.54, 1.807) is 6.92 Å². The van der Waals surface area contributed by atoms with Crippen LogP contribution in [-0.2, 0) is 0 Å². The Balaban J connectivity index is 2.69. The van der Waals surface area contributed by atoms with Crippen LogP contribution in [0.5, 0.6) is 0 Å². The predicted molar refractivity (Wildman–Crippen MR) is 57.5 cm³/mol. The van der Waals surface area contributed by atoms with Crippen molar-refractivity contribution >= 4 is 11.7 Å². The van der Waals surface area contributed by atoms with Gasteiger partial charge in [0.15, 0.2) is 29.4 Å². The third-order valence-corrected chi connectivity index (χ3v) is 2.67. The van der Waals surface area contributed by atoms with Crippen LogP contribution in [0.3, 0.4) is 0 Å². The van der Waals surface area contributed by atoms with Gasteiger partial charge in [-0.05, 0) is 5.90 Å². The van der Waals surface area contributed by atoms with E-state index in [0.717, 1.165) is 0 Å². The zero-order valence-corrected chi connectivity index (χ0v) is 9.68. The maximum absolute atomic E-state index is 13.6. The van der Waals surface area contributed by atoms with Gasteiger partial charge < -0.3 is 10.8 Å². The summed E-state index contributed by atoms with van der Waals surface area (Å²) in [6.07, 6.45) is -1.20. The van der Waals surface area contributed by atoms with E-state index in [1.807, 2.05) is 0 Å². The molecule has 19 heavy (non-hydrogen) atoms. The molecule has 0 aromatic heterocycles. The lowest BCUT2D eigenvalue weighted by atomic mass is 10.1. The molecular formula is C11H8F4N3O-. The Morgan fingerprint density at radius 2 is 1.79 bits per heavy atom. The van der Waals surface area contributed by atoms with E-state index in [2.05, 4.69) is 9.98 Å². The van der Waals surface area contributed by atoms with E-state index in [-0.39, 0.29) is 12.3 Å². The van der Waals surface area contributed by atoms with Crippen LogP contribution in [0.1, 0.15) is 30.6 Å². The Labute approximate surface area is 105 Å². The SMILES string of the molecule is CCC(N)=NC1N=C([O-])c2c(F)c(F)c(F)c(F)c21. The van der Waals surface area contributed by atoms with Crippen molar-refractivity contribution in [3.8, 4) is 0 Å². The predicted octanol–water partition coefficient (Wildman–Crippen LogP) is 1.13. The molecule has 1 heterocycles. The minimum atomic E-state index is -2.05. The maximum Gasteiger partial charge on any atom is 0.198 e. The van der Waals surface area contributed by atoms with Gasteiger partial charge in [0.25, 0.3) is 0 Å². The van der Waals surface area contributed by atoms with Crippen molar-refractivity contribution in [3.63, 3.8) is 0 Å². The van der Waals surface area contributed by atoms with Gasteiger partial charge in [-0.1, -0.05) is 6.92 Å². The maximum atomic E-state index is 13.6. The summed E-state index contributed by atoms with van der Waals surface area (Å²) in [4.78, 5) is 7.00. The number of hydrogen-bond acceptors (Lipinski definition) is 3. The van der Waals surface area contributed by atoms with Gasteiger partial charge in [0, 0.05) is 17.5 Å². The molecule has 4 nitrogen and oxygen atoms in total. The second kappa shape index (κ2) is 4.52. The van der Waals surface area contributed by atoms with Crippen LogP contribution in [-0.4, -0.2) is 11.7 Å². The molecule has 1 unspecified atom stereocenters. The second-order valence-electron chi connectivity index (χ2n) is 3.83. The monoisotopic (exact) mass is 274 g/mol. The quantitative estimate of drug-likeness (QED) is 0.288. The van der Waals surface area contributed by atoms with Crippen LogP contribution in [0.2, 0.25) is 0 Å². The molecule has 0 spiro atoms. The van der Waals surface area contributed by atoms with Gasteiger partial charge in [-0.3, -0.25) is 4.99 Å². The number of hydrogen-bond donors (Lipinski definition) is 1. The van der Waals surface area contributed by atoms with Gasteiger partial charge in [-0.15, -0.1) is 0 Å². The number of fused-ring (bicyclic) bond motifs is 1. The van der Waals surface area contributed by atoms with Crippen molar-refractivity contribution in [3.05, 3.63) is 34.4 Å². The van der Waals surface area contributed by atoms with Gasteiger partial charge in [0.1, 0.15) is 0 Å². The normalized spacial score (nSPS) is 18.5. The number of benzene rings is 1. The smallest absolute Gasteiger partial charge is 0.198 e. The molecule has 102 valence electrons. The molecule has 1 aromatic carbocycles. The summed E-state index contributed by atoms with van der Waals surface area (Å²) >= 11 is 0. The van der Waals surface area contributed by atoms with Gasteiger partial charge in [0.2, 0.25) is 0 Å². The fourth-order valence-corrected chi connectivity index (χ4v) is 1.68. The number of nitrogens with zero attached hydrogens (tertiary/aromatic N) is 2. The summed E-state index contributed by atoms with van der Waals surface area (Å²) in [5.41, 5.74) is 3.75. The topological polar surface area (TPSA) is 73.8 Å². The fourth-order valence-electron chi connectivity index (χ4n) is 1.68. The average Bonchev–Trinajstić information content (AvgIpc) is 2.70. The highest BCUT2D eigenvalue weighted by molar-refractivity contribution is 5.96. The first-order chi connectivity index (χ1) is 8.88. The minimum absolute atomic E-state index is 0.0268. The van der Waals surface area contributed by atoms with Crippen LogP contribution in [0.15, 0.2) is 9.98 Å². The number of halogens is 4. The van der Waals surface area contributed by atoms with Crippen LogP contribution < -0.4 is 10.8 Å². The molecule has 1 aromatic rings. The van der Waals surface area contributed by atoms with E-state index < -0.39 is 46.5 Å². The van der Waals surface area contributed by atoms with E-state index in [4.69, 9.17) is 5.73 Å². The summed E-state index contributed by atoms with van der Waals surface area (Å²) < 4.78 is 53.2. The highest BCUT2D eigenvalue weighted by Gasteiger charge is 2.33. The Bertz CT molecular complexity index is 613. The van der Waals surface area contributed by atoms with E-state index in [0.29, 0.717) is 0 Å².